The molecule has 6 nitrogen and oxygen atoms in total. The van der Waals surface area contributed by atoms with E-state index in [4.69, 9.17) is 4.74 Å². The van der Waals surface area contributed by atoms with E-state index in [1.807, 2.05) is 38.3 Å². The van der Waals surface area contributed by atoms with Gasteiger partial charge in [-0.25, -0.2) is 8.42 Å². The number of amides is 1. The molecular formula is C27H32N2O4S2. The number of para-hydroxylation sites is 2. The number of benzene rings is 3. The molecule has 35 heavy (non-hydrogen) atoms. The summed E-state index contributed by atoms with van der Waals surface area (Å²) in [5.74, 6) is 0.0328. The van der Waals surface area contributed by atoms with Gasteiger partial charge in [-0.05, 0) is 74.9 Å². The van der Waals surface area contributed by atoms with Crippen LogP contribution in [0.3, 0.4) is 0 Å². The van der Waals surface area contributed by atoms with Crippen molar-refractivity contribution in [2.45, 2.75) is 42.5 Å². The predicted molar refractivity (Wildman–Crippen MR) is 143 cm³/mol. The second-order valence-electron chi connectivity index (χ2n) is 8.08. The average Bonchev–Trinajstić information content (AvgIpc) is 2.87. The van der Waals surface area contributed by atoms with E-state index in [9.17, 15) is 13.2 Å². The van der Waals surface area contributed by atoms with Crippen molar-refractivity contribution in [3.63, 3.8) is 0 Å². The van der Waals surface area contributed by atoms with Gasteiger partial charge in [-0.2, -0.15) is 0 Å². The molecule has 0 heterocycles. The molecule has 1 amide bonds. The number of hydrogen-bond donors (Lipinski definition) is 1. The summed E-state index contributed by atoms with van der Waals surface area (Å²) in [6, 6.07) is 23.5. The Morgan fingerprint density at radius 2 is 1.66 bits per heavy atom. The van der Waals surface area contributed by atoms with Crippen LogP contribution in [0.15, 0.2) is 88.7 Å². The van der Waals surface area contributed by atoms with Crippen molar-refractivity contribution in [2.75, 3.05) is 23.7 Å². The molecule has 0 unspecified atom stereocenters. The molecule has 186 valence electrons. The van der Waals surface area contributed by atoms with E-state index in [0.29, 0.717) is 18.0 Å². The summed E-state index contributed by atoms with van der Waals surface area (Å²) in [5.41, 5.74) is 1.52. The first-order valence-corrected chi connectivity index (χ1v) is 14.2. The lowest BCUT2D eigenvalue weighted by atomic mass is 10.1. The molecule has 0 aliphatic carbocycles. The topological polar surface area (TPSA) is 75.7 Å². The molecule has 1 atom stereocenters. The van der Waals surface area contributed by atoms with Crippen molar-refractivity contribution < 1.29 is 17.9 Å². The number of ether oxygens (including phenoxy) is 1. The zero-order chi connectivity index (χ0) is 25.3. The SMILES string of the molecule is CCOc1ccccc1N(CC(=O)N[C@@H](C)CCc1ccccc1)S(=O)(=O)c1ccc(SC)cc1. The first kappa shape index (κ1) is 26.6. The molecule has 0 bridgehead atoms. The summed E-state index contributed by atoms with van der Waals surface area (Å²) < 4.78 is 34.2. The van der Waals surface area contributed by atoms with E-state index in [0.717, 1.165) is 22.0 Å². The highest BCUT2D eigenvalue weighted by Gasteiger charge is 2.29. The number of nitrogens with one attached hydrogen (secondary N) is 1. The van der Waals surface area contributed by atoms with Crippen LogP contribution in [0.1, 0.15) is 25.8 Å². The van der Waals surface area contributed by atoms with Crippen molar-refractivity contribution in [1.29, 1.82) is 0 Å². The van der Waals surface area contributed by atoms with Crippen LogP contribution in [0.4, 0.5) is 5.69 Å². The second kappa shape index (κ2) is 12.7. The van der Waals surface area contributed by atoms with Crippen LogP contribution >= 0.6 is 11.8 Å². The molecule has 0 spiro atoms. The second-order valence-corrected chi connectivity index (χ2v) is 10.8. The number of thioether (sulfide) groups is 1. The fraction of sp³-hybridized carbons (Fsp3) is 0.296. The van der Waals surface area contributed by atoms with Crippen LogP contribution in [-0.2, 0) is 21.2 Å². The molecule has 0 radical (unpaired) electrons. The van der Waals surface area contributed by atoms with Crippen molar-refractivity contribution in [3.05, 3.63) is 84.4 Å². The molecule has 0 saturated carbocycles. The Hall–Kier alpha value is -2.97. The van der Waals surface area contributed by atoms with E-state index in [-0.39, 0.29) is 23.4 Å². The highest BCUT2D eigenvalue weighted by atomic mass is 32.2. The minimum atomic E-state index is -4.02. The van der Waals surface area contributed by atoms with Crippen LogP contribution in [0.25, 0.3) is 0 Å². The highest BCUT2D eigenvalue weighted by molar-refractivity contribution is 7.98. The van der Waals surface area contributed by atoms with Gasteiger partial charge in [-0.15, -0.1) is 11.8 Å². The molecule has 0 fully saturated rings. The van der Waals surface area contributed by atoms with Crippen LogP contribution in [0.2, 0.25) is 0 Å². The van der Waals surface area contributed by atoms with Gasteiger partial charge in [0.25, 0.3) is 10.0 Å². The van der Waals surface area contributed by atoms with Crippen LogP contribution in [-0.4, -0.2) is 39.8 Å². The maximum atomic E-state index is 13.7. The van der Waals surface area contributed by atoms with Gasteiger partial charge < -0.3 is 10.1 Å². The van der Waals surface area contributed by atoms with Gasteiger partial charge in [0.1, 0.15) is 12.3 Å². The monoisotopic (exact) mass is 512 g/mol. The number of sulfonamides is 1. The van der Waals surface area contributed by atoms with Gasteiger partial charge in [0.15, 0.2) is 0 Å². The molecular weight excluding hydrogens is 480 g/mol. The quantitative estimate of drug-likeness (QED) is 0.340. The van der Waals surface area contributed by atoms with E-state index >= 15 is 0 Å². The predicted octanol–water partition coefficient (Wildman–Crippen LogP) is 5.14. The van der Waals surface area contributed by atoms with Crippen molar-refractivity contribution in [1.82, 2.24) is 5.32 Å². The van der Waals surface area contributed by atoms with Gasteiger partial charge in [-0.3, -0.25) is 9.10 Å². The average molecular weight is 513 g/mol. The number of carbonyl (C=O) groups excluding carboxylic acids is 1. The maximum absolute atomic E-state index is 13.7. The molecule has 3 aromatic rings. The third kappa shape index (κ3) is 7.26. The Labute approximate surface area is 212 Å². The Balaban J connectivity index is 1.83. The minimum absolute atomic E-state index is 0.116. The number of carbonyl (C=O) groups is 1. The Morgan fingerprint density at radius 1 is 1.00 bits per heavy atom. The molecule has 3 rings (SSSR count). The number of nitrogens with zero attached hydrogens (tertiary/aromatic N) is 1. The van der Waals surface area contributed by atoms with Gasteiger partial charge in [-0.1, -0.05) is 42.5 Å². The van der Waals surface area contributed by atoms with Crippen molar-refractivity contribution in [2.24, 2.45) is 0 Å². The molecule has 1 N–H and O–H groups in total. The number of aryl methyl sites for hydroxylation is 1. The van der Waals surface area contributed by atoms with E-state index in [1.165, 1.54) is 17.3 Å². The summed E-state index contributed by atoms with van der Waals surface area (Å²) in [4.78, 5) is 14.1. The first-order valence-electron chi connectivity index (χ1n) is 11.6. The summed E-state index contributed by atoms with van der Waals surface area (Å²) in [6.07, 6.45) is 3.49. The van der Waals surface area contributed by atoms with Gasteiger partial charge in [0.05, 0.1) is 17.2 Å². The lowest BCUT2D eigenvalue weighted by Crippen LogP contribution is -2.43. The fourth-order valence-corrected chi connectivity index (χ4v) is 5.51. The third-order valence-corrected chi connectivity index (χ3v) is 8.00. The van der Waals surface area contributed by atoms with Gasteiger partial charge in [0.2, 0.25) is 5.91 Å². The molecule has 0 saturated heterocycles. The summed E-state index contributed by atoms with van der Waals surface area (Å²) in [5, 5.41) is 2.95. The summed E-state index contributed by atoms with van der Waals surface area (Å²) in [6.45, 7) is 3.77. The molecule has 8 heteroatoms. The Bertz CT molecular complexity index is 1200. The normalized spacial score (nSPS) is 12.1. The molecule has 0 aliphatic rings. The lowest BCUT2D eigenvalue weighted by molar-refractivity contribution is -0.120. The zero-order valence-electron chi connectivity index (χ0n) is 20.3. The largest absolute Gasteiger partial charge is 0.492 e. The Morgan fingerprint density at radius 3 is 2.31 bits per heavy atom. The number of anilines is 1. The highest BCUT2D eigenvalue weighted by Crippen LogP contribution is 2.33. The van der Waals surface area contributed by atoms with E-state index < -0.39 is 10.0 Å². The summed E-state index contributed by atoms with van der Waals surface area (Å²) in [7, 11) is -4.02. The standard InChI is InChI=1S/C27H32N2O4S2/c1-4-33-26-13-9-8-12-25(26)29(35(31,32)24-18-16-23(34-3)17-19-24)20-27(30)28-21(2)14-15-22-10-6-5-7-11-22/h5-13,16-19,21H,4,14-15,20H2,1-3H3,(H,28,30)/t21-/m0/s1. The maximum Gasteiger partial charge on any atom is 0.264 e. The zero-order valence-corrected chi connectivity index (χ0v) is 21.9. The minimum Gasteiger partial charge on any atom is -0.492 e. The number of rotatable bonds is 12. The first-order chi connectivity index (χ1) is 16.8. The molecule has 0 aromatic heterocycles. The van der Waals surface area contributed by atoms with Gasteiger partial charge >= 0.3 is 0 Å². The van der Waals surface area contributed by atoms with Crippen LogP contribution in [0, 0.1) is 0 Å². The van der Waals surface area contributed by atoms with E-state index in [1.54, 1.807) is 48.5 Å². The van der Waals surface area contributed by atoms with Crippen molar-refractivity contribution in [3.8, 4) is 5.75 Å². The van der Waals surface area contributed by atoms with Gasteiger partial charge in [0, 0.05) is 10.9 Å². The summed E-state index contributed by atoms with van der Waals surface area (Å²) >= 11 is 1.53. The van der Waals surface area contributed by atoms with E-state index in [2.05, 4.69) is 17.4 Å². The smallest absolute Gasteiger partial charge is 0.264 e. The van der Waals surface area contributed by atoms with Crippen LogP contribution < -0.4 is 14.4 Å². The fourth-order valence-electron chi connectivity index (χ4n) is 3.67. The molecule has 3 aromatic carbocycles. The number of hydrogen-bond acceptors (Lipinski definition) is 5. The molecule has 0 aliphatic heterocycles. The lowest BCUT2D eigenvalue weighted by Gasteiger charge is -2.26. The van der Waals surface area contributed by atoms with Crippen LogP contribution in [0.5, 0.6) is 5.75 Å². The Kier molecular flexibility index (Phi) is 9.63. The van der Waals surface area contributed by atoms with Crippen molar-refractivity contribution >= 4 is 33.4 Å². The third-order valence-electron chi connectivity index (χ3n) is 5.48.